The van der Waals surface area contributed by atoms with Crippen molar-refractivity contribution >= 4 is 29.0 Å². The lowest BCUT2D eigenvalue weighted by Gasteiger charge is -2.48. The number of carbonyl (C=O) groups excluding carboxylic acids is 1. The molecule has 0 N–H and O–H groups in total. The number of benzene rings is 3. The van der Waals surface area contributed by atoms with Gasteiger partial charge in [-0.05, 0) is 78.4 Å². The van der Waals surface area contributed by atoms with Crippen LogP contribution in [0.1, 0.15) is 42.9 Å². The second kappa shape index (κ2) is 10.1. The normalized spacial score (nSPS) is 19.2. The molecule has 1 saturated heterocycles. The van der Waals surface area contributed by atoms with Gasteiger partial charge in [0.1, 0.15) is 17.4 Å². The second-order valence-electron chi connectivity index (χ2n) is 8.05. The number of anilines is 1. The number of β-lactam (4-membered cyclic amide) rings is 1. The highest BCUT2D eigenvalue weighted by molar-refractivity contribution is 8.00. The highest BCUT2D eigenvalue weighted by Crippen LogP contribution is 2.46. The monoisotopic (exact) mass is 471 g/mol. The maximum Gasteiger partial charge on any atom is 0.233 e. The maximum absolute atomic E-state index is 13.4. The summed E-state index contributed by atoms with van der Waals surface area (Å²) in [7, 11) is 2.83. The Morgan fingerprint density at radius 1 is 0.969 bits per heavy atom. The highest BCUT2D eigenvalue weighted by Gasteiger charge is 2.48. The van der Waals surface area contributed by atoms with Crippen molar-refractivity contribution in [2.45, 2.75) is 31.7 Å². The molecule has 0 aliphatic carbocycles. The van der Waals surface area contributed by atoms with E-state index in [2.05, 4.69) is 15.9 Å². The molecule has 0 aromatic heterocycles. The van der Waals surface area contributed by atoms with Crippen molar-refractivity contribution in [3.8, 4) is 5.75 Å². The van der Waals surface area contributed by atoms with Crippen LogP contribution < -0.4 is 9.42 Å². The third kappa shape index (κ3) is 4.85. The summed E-state index contributed by atoms with van der Waals surface area (Å²) in [5.74, 6) is 0.283. The van der Waals surface area contributed by atoms with Gasteiger partial charge in [0.15, 0.2) is 0 Å². The molecular weight excluding hydrogens is 446 g/mol. The number of hydrogen-bond acceptors (Lipinski definition) is 2. The van der Waals surface area contributed by atoms with Crippen LogP contribution in [0.15, 0.2) is 72.8 Å². The maximum atomic E-state index is 13.4. The SMILES string of the molecule is C[C@@H](CC[C@@H]1C(=O)N(c2ccc(F)cc2)C1c1ccc(OPP)cc1)c1ccc(F)cc1. The van der Waals surface area contributed by atoms with E-state index in [1.165, 1.54) is 24.3 Å². The van der Waals surface area contributed by atoms with Crippen molar-refractivity contribution in [3.05, 3.63) is 95.6 Å². The zero-order valence-corrected chi connectivity index (χ0v) is 19.8. The lowest BCUT2D eigenvalue weighted by molar-refractivity contribution is -0.130. The van der Waals surface area contributed by atoms with E-state index in [4.69, 9.17) is 4.52 Å². The van der Waals surface area contributed by atoms with Crippen LogP contribution in [0, 0.1) is 17.6 Å². The summed E-state index contributed by atoms with van der Waals surface area (Å²) in [4.78, 5) is 14.9. The number of halogens is 2. The first-order valence-corrected chi connectivity index (χ1v) is 13.3. The fraction of sp³-hybridized carbons (Fsp3) is 0.240. The molecule has 3 aromatic rings. The largest absolute Gasteiger partial charge is 0.473 e. The summed E-state index contributed by atoms with van der Waals surface area (Å²) < 4.78 is 32.2. The van der Waals surface area contributed by atoms with Crippen LogP contribution in [0.25, 0.3) is 0 Å². The molecule has 0 spiro atoms. The molecule has 3 aromatic carbocycles. The highest BCUT2D eigenvalue weighted by atomic mass is 32.0. The molecule has 1 aliphatic heterocycles. The number of carbonyl (C=O) groups is 1. The molecule has 1 aliphatic rings. The minimum atomic E-state index is -0.331. The Bertz CT molecular complexity index is 1060. The Labute approximate surface area is 191 Å². The standard InChI is InChI=1S/C25H25F2NO2P2/c1-16(17-3-7-19(26)8-4-17)2-15-23-24(18-5-13-22(14-6-18)30-32-31)28(25(23)29)21-11-9-20(27)10-12-21/h3-14,16,23-24,32H,2,15,31H2,1H3/t16-,23-,24?/m0/s1. The van der Waals surface area contributed by atoms with Gasteiger partial charge in [0.05, 0.1) is 20.5 Å². The number of hydrogen-bond donors (Lipinski definition) is 0. The molecule has 1 amide bonds. The average Bonchev–Trinajstić information content (AvgIpc) is 2.80. The molecule has 1 heterocycles. The zero-order valence-electron chi connectivity index (χ0n) is 17.7. The van der Waals surface area contributed by atoms with Crippen LogP contribution in [-0.4, -0.2) is 5.91 Å². The second-order valence-corrected chi connectivity index (χ2v) is 9.20. The first kappa shape index (κ1) is 22.8. The Morgan fingerprint density at radius 2 is 1.56 bits per heavy atom. The third-order valence-corrected chi connectivity index (χ3v) is 6.77. The molecule has 1 fully saturated rings. The molecule has 0 saturated carbocycles. The van der Waals surface area contributed by atoms with Crippen molar-refractivity contribution in [2.24, 2.45) is 5.92 Å². The molecular formula is C25H25F2NO2P2. The summed E-state index contributed by atoms with van der Waals surface area (Å²) in [5.41, 5.74) is 2.77. The molecule has 0 radical (unpaired) electrons. The van der Waals surface area contributed by atoms with Crippen LogP contribution in [0.2, 0.25) is 0 Å². The van der Waals surface area contributed by atoms with Gasteiger partial charge in [0, 0.05) is 5.69 Å². The van der Waals surface area contributed by atoms with Gasteiger partial charge in [-0.1, -0.05) is 40.1 Å². The van der Waals surface area contributed by atoms with Gasteiger partial charge in [-0.3, -0.25) is 4.79 Å². The van der Waals surface area contributed by atoms with Gasteiger partial charge in [-0.15, -0.1) is 0 Å². The van der Waals surface area contributed by atoms with Gasteiger partial charge in [-0.2, -0.15) is 0 Å². The molecule has 166 valence electrons. The van der Waals surface area contributed by atoms with Crippen molar-refractivity contribution in [1.29, 1.82) is 0 Å². The van der Waals surface area contributed by atoms with E-state index in [1.54, 1.807) is 29.2 Å². The Balaban J connectivity index is 1.55. The lowest BCUT2D eigenvalue weighted by atomic mass is 9.77. The molecule has 5 atom stereocenters. The van der Waals surface area contributed by atoms with E-state index >= 15 is 0 Å². The van der Waals surface area contributed by atoms with Gasteiger partial charge in [0.2, 0.25) is 5.91 Å². The first-order chi connectivity index (χ1) is 15.5. The molecule has 7 heteroatoms. The van der Waals surface area contributed by atoms with E-state index in [0.717, 1.165) is 23.3 Å². The fourth-order valence-electron chi connectivity index (χ4n) is 4.29. The van der Waals surface area contributed by atoms with Gasteiger partial charge < -0.3 is 9.42 Å². The first-order valence-electron chi connectivity index (χ1n) is 10.5. The number of rotatable bonds is 8. The van der Waals surface area contributed by atoms with Crippen LogP contribution >= 0.6 is 17.4 Å². The molecule has 3 nitrogen and oxygen atoms in total. The quantitative estimate of drug-likeness (QED) is 0.261. The number of amides is 1. The topological polar surface area (TPSA) is 29.5 Å². The van der Waals surface area contributed by atoms with E-state index in [0.29, 0.717) is 12.1 Å². The van der Waals surface area contributed by atoms with Crippen molar-refractivity contribution < 1.29 is 18.1 Å². The third-order valence-electron chi connectivity index (χ3n) is 6.07. The van der Waals surface area contributed by atoms with Crippen molar-refractivity contribution in [2.75, 3.05) is 4.90 Å². The van der Waals surface area contributed by atoms with Crippen LogP contribution in [0.3, 0.4) is 0 Å². The summed E-state index contributed by atoms with van der Waals surface area (Å²) in [5, 5.41) is 0. The molecule has 32 heavy (non-hydrogen) atoms. The van der Waals surface area contributed by atoms with E-state index in [1.807, 2.05) is 24.3 Å². The van der Waals surface area contributed by atoms with Crippen LogP contribution in [0.5, 0.6) is 5.75 Å². The molecule has 0 bridgehead atoms. The van der Waals surface area contributed by atoms with Gasteiger partial charge in [0.25, 0.3) is 0 Å². The minimum absolute atomic E-state index is 0.0414. The predicted octanol–water partition coefficient (Wildman–Crippen LogP) is 7.02. The van der Waals surface area contributed by atoms with E-state index < -0.39 is 0 Å². The fourth-order valence-corrected chi connectivity index (χ4v) is 4.97. The summed E-state index contributed by atoms with van der Waals surface area (Å²) in [6.45, 7) is 2.10. The Kier molecular flexibility index (Phi) is 7.18. The summed E-state index contributed by atoms with van der Waals surface area (Å²) in [6.07, 6.45) is 1.52. The van der Waals surface area contributed by atoms with E-state index in [9.17, 15) is 13.6 Å². The molecule has 3 unspecified atom stereocenters. The Hall–Kier alpha value is -2.35. The van der Waals surface area contributed by atoms with Crippen LogP contribution in [-0.2, 0) is 4.79 Å². The Morgan fingerprint density at radius 3 is 2.16 bits per heavy atom. The summed E-state index contributed by atoms with van der Waals surface area (Å²) in [6, 6.07) is 20.3. The summed E-state index contributed by atoms with van der Waals surface area (Å²) >= 11 is 0. The minimum Gasteiger partial charge on any atom is -0.473 e. The smallest absolute Gasteiger partial charge is 0.233 e. The zero-order chi connectivity index (χ0) is 22.7. The lowest BCUT2D eigenvalue weighted by Crippen LogP contribution is -2.55. The number of nitrogens with zero attached hydrogens (tertiary/aromatic N) is 1. The van der Waals surface area contributed by atoms with Gasteiger partial charge in [-0.25, -0.2) is 8.78 Å². The van der Waals surface area contributed by atoms with E-state index in [-0.39, 0.29) is 43.9 Å². The molecule has 4 rings (SSSR count). The van der Waals surface area contributed by atoms with Crippen molar-refractivity contribution in [3.63, 3.8) is 0 Å². The van der Waals surface area contributed by atoms with Crippen molar-refractivity contribution in [1.82, 2.24) is 0 Å². The average molecular weight is 471 g/mol. The van der Waals surface area contributed by atoms with Gasteiger partial charge >= 0.3 is 0 Å². The predicted molar refractivity (Wildman–Crippen MR) is 129 cm³/mol. The van der Waals surface area contributed by atoms with Crippen LogP contribution in [0.4, 0.5) is 14.5 Å².